The lowest BCUT2D eigenvalue weighted by atomic mass is 10.2. The molecule has 1 aliphatic heterocycles. The summed E-state index contributed by atoms with van der Waals surface area (Å²) < 4.78 is 19.6. The summed E-state index contributed by atoms with van der Waals surface area (Å²) in [6.07, 6.45) is 0.633. The first kappa shape index (κ1) is 20.3. The van der Waals surface area contributed by atoms with Crippen LogP contribution in [0.5, 0.6) is 0 Å². The average molecular weight is 428 g/mol. The van der Waals surface area contributed by atoms with Crippen LogP contribution < -0.4 is 0 Å². The molecule has 4 rings (SSSR count). The summed E-state index contributed by atoms with van der Waals surface area (Å²) in [6, 6.07) is 9.69. The Bertz CT molecular complexity index is 1090. The number of aryl methyl sites for hydroxylation is 2. The Hall–Kier alpha value is -3.00. The molecule has 156 valence electrons. The number of amides is 2. The quantitative estimate of drug-likeness (QED) is 0.630. The highest BCUT2D eigenvalue weighted by Gasteiger charge is 2.27. The van der Waals surface area contributed by atoms with E-state index in [0.29, 0.717) is 53.9 Å². The van der Waals surface area contributed by atoms with Gasteiger partial charge in [-0.1, -0.05) is 12.1 Å². The topological polar surface area (TPSA) is 66.7 Å². The van der Waals surface area contributed by atoms with Gasteiger partial charge in [-0.25, -0.2) is 9.37 Å². The predicted octanol–water partition coefficient (Wildman–Crippen LogP) is 4.15. The van der Waals surface area contributed by atoms with Crippen molar-refractivity contribution in [3.8, 4) is 10.8 Å². The molecule has 6 nitrogen and oxygen atoms in total. The zero-order valence-electron chi connectivity index (χ0n) is 16.9. The second-order valence-corrected chi connectivity index (χ2v) is 8.26. The first-order chi connectivity index (χ1) is 14.4. The average Bonchev–Trinajstić information content (AvgIpc) is 3.24. The summed E-state index contributed by atoms with van der Waals surface area (Å²) in [4.78, 5) is 34.3. The normalized spacial score (nSPS) is 14.6. The van der Waals surface area contributed by atoms with Crippen molar-refractivity contribution in [3.05, 3.63) is 64.1 Å². The molecule has 0 unspecified atom stereocenters. The molecule has 0 saturated carbocycles. The van der Waals surface area contributed by atoms with Gasteiger partial charge in [0, 0.05) is 26.2 Å². The molecular weight excluding hydrogens is 405 g/mol. The van der Waals surface area contributed by atoms with E-state index in [2.05, 4.69) is 4.98 Å². The fourth-order valence-corrected chi connectivity index (χ4v) is 4.52. The molecule has 1 saturated heterocycles. The maximum atomic E-state index is 14.0. The number of nitrogens with zero attached hydrogens (tertiary/aromatic N) is 3. The molecule has 0 radical (unpaired) electrons. The van der Waals surface area contributed by atoms with Gasteiger partial charge in [-0.2, -0.15) is 0 Å². The summed E-state index contributed by atoms with van der Waals surface area (Å²) in [5, 5.41) is 0.676. The fourth-order valence-electron chi connectivity index (χ4n) is 3.52. The fraction of sp³-hybridized carbons (Fsp3) is 0.318. The number of carbonyl (C=O) groups is 2. The summed E-state index contributed by atoms with van der Waals surface area (Å²) in [6.45, 7) is 5.45. The standard InChI is InChI=1S/C22H22FN3O3S/c1-14-8-9-18(29-14)20-24-15(2)19(30-20)22(28)26-11-5-10-25(12-13-26)21(27)16-6-3-4-7-17(16)23/h3-4,6-9H,5,10-13H2,1-2H3. The zero-order chi connectivity index (χ0) is 21.3. The summed E-state index contributed by atoms with van der Waals surface area (Å²) in [7, 11) is 0. The second-order valence-electron chi connectivity index (χ2n) is 7.26. The minimum atomic E-state index is -0.527. The van der Waals surface area contributed by atoms with Crippen molar-refractivity contribution in [2.45, 2.75) is 20.3 Å². The predicted molar refractivity (Wildman–Crippen MR) is 112 cm³/mol. The van der Waals surface area contributed by atoms with Crippen molar-refractivity contribution in [2.24, 2.45) is 0 Å². The molecule has 0 bridgehead atoms. The summed E-state index contributed by atoms with van der Waals surface area (Å²) >= 11 is 1.31. The van der Waals surface area contributed by atoms with E-state index in [9.17, 15) is 14.0 Å². The maximum Gasteiger partial charge on any atom is 0.265 e. The number of carbonyl (C=O) groups excluding carboxylic acids is 2. The number of hydrogen-bond donors (Lipinski definition) is 0. The van der Waals surface area contributed by atoms with Crippen LogP contribution in [0.2, 0.25) is 0 Å². The number of benzene rings is 1. The van der Waals surface area contributed by atoms with Crippen molar-refractivity contribution in [3.63, 3.8) is 0 Å². The third kappa shape index (κ3) is 4.00. The van der Waals surface area contributed by atoms with E-state index in [1.807, 2.05) is 26.0 Å². The molecule has 0 spiro atoms. The SMILES string of the molecule is Cc1ccc(-c2nc(C)c(C(=O)N3CCCN(C(=O)c4ccccc4F)CC3)s2)o1. The molecule has 0 N–H and O–H groups in total. The Morgan fingerprint density at radius 2 is 1.70 bits per heavy atom. The lowest BCUT2D eigenvalue weighted by molar-refractivity contribution is 0.0718. The molecule has 1 fully saturated rings. The van der Waals surface area contributed by atoms with Gasteiger partial charge in [0.15, 0.2) is 10.8 Å². The van der Waals surface area contributed by atoms with Crippen LogP contribution in [0, 0.1) is 19.7 Å². The van der Waals surface area contributed by atoms with E-state index in [1.165, 1.54) is 23.5 Å². The third-order valence-electron chi connectivity index (χ3n) is 5.12. The van der Waals surface area contributed by atoms with Gasteiger partial charge >= 0.3 is 0 Å². The largest absolute Gasteiger partial charge is 0.459 e. The highest BCUT2D eigenvalue weighted by atomic mass is 32.1. The van der Waals surface area contributed by atoms with E-state index in [0.717, 1.165) is 5.76 Å². The molecule has 1 aromatic carbocycles. The van der Waals surface area contributed by atoms with Gasteiger partial charge in [-0.3, -0.25) is 9.59 Å². The molecule has 30 heavy (non-hydrogen) atoms. The van der Waals surface area contributed by atoms with E-state index >= 15 is 0 Å². The van der Waals surface area contributed by atoms with E-state index in [1.54, 1.807) is 21.9 Å². The minimum absolute atomic E-state index is 0.0639. The molecule has 3 aromatic rings. The van der Waals surface area contributed by atoms with E-state index < -0.39 is 5.82 Å². The van der Waals surface area contributed by atoms with Gasteiger partial charge in [-0.15, -0.1) is 11.3 Å². The number of hydrogen-bond acceptors (Lipinski definition) is 5. The number of halogens is 1. The van der Waals surface area contributed by atoms with Crippen molar-refractivity contribution in [1.29, 1.82) is 0 Å². The van der Waals surface area contributed by atoms with Crippen molar-refractivity contribution < 1.29 is 18.4 Å². The van der Waals surface area contributed by atoms with Crippen LogP contribution in [0.3, 0.4) is 0 Å². The lowest BCUT2D eigenvalue weighted by Crippen LogP contribution is -2.37. The monoisotopic (exact) mass is 427 g/mol. The van der Waals surface area contributed by atoms with Crippen molar-refractivity contribution in [1.82, 2.24) is 14.8 Å². The van der Waals surface area contributed by atoms with Crippen LogP contribution in [0.1, 0.15) is 37.9 Å². The molecule has 2 aromatic heterocycles. The van der Waals surface area contributed by atoms with Gasteiger partial charge in [0.2, 0.25) is 0 Å². The Kier molecular flexibility index (Phi) is 5.67. The maximum absolute atomic E-state index is 14.0. The van der Waals surface area contributed by atoms with Gasteiger partial charge in [0.1, 0.15) is 16.5 Å². The Balaban J connectivity index is 1.47. The number of aromatic nitrogens is 1. The molecule has 3 heterocycles. The van der Waals surface area contributed by atoms with Gasteiger partial charge in [0.25, 0.3) is 11.8 Å². The van der Waals surface area contributed by atoms with Crippen molar-refractivity contribution in [2.75, 3.05) is 26.2 Å². The number of thiazole rings is 1. The van der Waals surface area contributed by atoms with Crippen LogP contribution in [0.15, 0.2) is 40.8 Å². The highest BCUT2D eigenvalue weighted by molar-refractivity contribution is 7.17. The van der Waals surface area contributed by atoms with Crippen LogP contribution in [0.25, 0.3) is 10.8 Å². The summed E-state index contributed by atoms with van der Waals surface area (Å²) in [5.41, 5.74) is 0.728. The Morgan fingerprint density at radius 3 is 2.37 bits per heavy atom. The molecule has 8 heteroatoms. The minimum Gasteiger partial charge on any atom is -0.459 e. The summed E-state index contributed by atoms with van der Waals surface area (Å²) in [5.74, 6) is 0.474. The first-order valence-corrected chi connectivity index (χ1v) is 10.6. The number of furan rings is 1. The molecule has 2 amide bonds. The van der Waals surface area contributed by atoms with Crippen LogP contribution in [-0.2, 0) is 0 Å². The van der Waals surface area contributed by atoms with Gasteiger partial charge in [-0.05, 0) is 44.5 Å². The lowest BCUT2D eigenvalue weighted by Gasteiger charge is -2.22. The van der Waals surface area contributed by atoms with Crippen LogP contribution in [0.4, 0.5) is 4.39 Å². The van der Waals surface area contributed by atoms with Crippen LogP contribution >= 0.6 is 11.3 Å². The van der Waals surface area contributed by atoms with E-state index in [-0.39, 0.29) is 17.4 Å². The third-order valence-corrected chi connectivity index (χ3v) is 6.28. The Labute approximate surface area is 177 Å². The van der Waals surface area contributed by atoms with Crippen molar-refractivity contribution >= 4 is 23.2 Å². The zero-order valence-corrected chi connectivity index (χ0v) is 17.7. The van der Waals surface area contributed by atoms with Crippen LogP contribution in [-0.4, -0.2) is 52.8 Å². The van der Waals surface area contributed by atoms with Gasteiger partial charge < -0.3 is 14.2 Å². The molecule has 1 aliphatic rings. The smallest absolute Gasteiger partial charge is 0.265 e. The molecular formula is C22H22FN3O3S. The second kappa shape index (κ2) is 8.39. The molecule has 0 aliphatic carbocycles. The highest BCUT2D eigenvalue weighted by Crippen LogP contribution is 2.30. The Morgan fingerprint density at radius 1 is 1.00 bits per heavy atom. The first-order valence-electron chi connectivity index (χ1n) is 9.81. The number of rotatable bonds is 3. The van der Waals surface area contributed by atoms with E-state index in [4.69, 9.17) is 4.42 Å². The van der Waals surface area contributed by atoms with Gasteiger partial charge in [0.05, 0.1) is 11.3 Å². The molecule has 0 atom stereocenters.